The zero-order valence-electron chi connectivity index (χ0n) is 10.6. The van der Waals surface area contributed by atoms with Gasteiger partial charge in [-0.05, 0) is 12.1 Å². The van der Waals surface area contributed by atoms with E-state index in [1.54, 1.807) is 6.07 Å². The minimum absolute atomic E-state index is 0.365. The zero-order valence-corrected chi connectivity index (χ0v) is 10.6. The molecule has 102 valence electrons. The van der Waals surface area contributed by atoms with Gasteiger partial charge in [-0.2, -0.15) is 10.1 Å². The smallest absolute Gasteiger partial charge is 0.276 e. The van der Waals surface area contributed by atoms with Crippen LogP contribution in [0, 0.1) is 0 Å². The van der Waals surface area contributed by atoms with Crippen LogP contribution in [0.2, 0.25) is 0 Å². The van der Waals surface area contributed by atoms with Gasteiger partial charge in [0.25, 0.3) is 5.89 Å². The molecule has 2 heterocycles. The molecule has 2 aromatic heterocycles. The van der Waals surface area contributed by atoms with Crippen LogP contribution < -0.4 is 10.5 Å². The van der Waals surface area contributed by atoms with Gasteiger partial charge in [-0.25, -0.2) is 0 Å². The lowest BCUT2D eigenvalue weighted by Gasteiger charge is -2.02. The van der Waals surface area contributed by atoms with Crippen LogP contribution in [-0.4, -0.2) is 26.9 Å². The molecule has 0 unspecified atom stereocenters. The first-order valence-corrected chi connectivity index (χ1v) is 6.13. The van der Waals surface area contributed by atoms with E-state index in [9.17, 15) is 0 Å². The van der Waals surface area contributed by atoms with Crippen molar-refractivity contribution in [1.82, 2.24) is 20.3 Å². The van der Waals surface area contributed by atoms with Crippen molar-refractivity contribution in [3.05, 3.63) is 42.2 Å². The number of benzene rings is 1. The molecule has 3 rings (SSSR count). The van der Waals surface area contributed by atoms with Gasteiger partial charge in [0.2, 0.25) is 0 Å². The molecule has 3 N–H and O–H groups in total. The van der Waals surface area contributed by atoms with Crippen molar-refractivity contribution >= 4 is 5.82 Å². The maximum absolute atomic E-state index is 5.57. The summed E-state index contributed by atoms with van der Waals surface area (Å²) >= 11 is 0. The van der Waals surface area contributed by atoms with E-state index in [0.717, 1.165) is 5.75 Å². The van der Waals surface area contributed by atoms with Crippen LogP contribution in [0.25, 0.3) is 11.6 Å². The summed E-state index contributed by atoms with van der Waals surface area (Å²) in [7, 11) is 0. The highest BCUT2D eigenvalue weighted by molar-refractivity contribution is 5.51. The average Bonchev–Trinajstić information content (AvgIpc) is 3.09. The fourth-order valence-corrected chi connectivity index (χ4v) is 1.69. The third-order valence-electron chi connectivity index (χ3n) is 2.63. The lowest BCUT2D eigenvalue weighted by molar-refractivity contribution is 0.315. The molecule has 0 aliphatic rings. The highest BCUT2D eigenvalue weighted by atomic mass is 16.5. The van der Waals surface area contributed by atoms with Gasteiger partial charge >= 0.3 is 0 Å². The van der Waals surface area contributed by atoms with Crippen molar-refractivity contribution in [2.75, 3.05) is 12.3 Å². The fraction of sp³-hybridized carbons (Fsp3) is 0.154. The predicted molar refractivity (Wildman–Crippen MR) is 71.9 cm³/mol. The molecule has 7 heteroatoms. The number of nitrogen functional groups attached to an aromatic ring is 1. The molecule has 0 aliphatic heterocycles. The standard InChI is InChI=1S/C13H13N5O2/c14-11-8-10(16-17-11)13-15-12(18-20-13)6-7-19-9-4-2-1-3-5-9/h1-5,8H,6-7H2,(H3,14,16,17). The van der Waals surface area contributed by atoms with Gasteiger partial charge in [0.15, 0.2) is 5.82 Å². The predicted octanol–water partition coefficient (Wildman–Crippen LogP) is 1.66. The Balaban J connectivity index is 1.58. The summed E-state index contributed by atoms with van der Waals surface area (Å²) in [4.78, 5) is 4.24. The number of nitrogens with one attached hydrogen (secondary N) is 1. The van der Waals surface area contributed by atoms with Crippen molar-refractivity contribution in [2.45, 2.75) is 6.42 Å². The van der Waals surface area contributed by atoms with Crippen LogP contribution in [-0.2, 0) is 6.42 Å². The number of aromatic amines is 1. The first kappa shape index (κ1) is 12.2. The SMILES string of the molecule is Nc1cc(-c2nc(CCOc3ccccc3)no2)[nH]n1. The van der Waals surface area contributed by atoms with E-state index in [2.05, 4.69) is 20.3 Å². The quantitative estimate of drug-likeness (QED) is 0.731. The summed E-state index contributed by atoms with van der Waals surface area (Å²) in [6, 6.07) is 11.2. The van der Waals surface area contributed by atoms with Crippen LogP contribution in [0.15, 0.2) is 40.9 Å². The molecule has 0 fully saturated rings. The number of H-pyrrole nitrogens is 1. The van der Waals surface area contributed by atoms with Crippen LogP contribution >= 0.6 is 0 Å². The molecule has 1 aromatic carbocycles. The Hall–Kier alpha value is -2.83. The van der Waals surface area contributed by atoms with E-state index in [4.69, 9.17) is 15.0 Å². The van der Waals surface area contributed by atoms with Crippen molar-refractivity contribution in [1.29, 1.82) is 0 Å². The number of aromatic nitrogens is 4. The first-order chi connectivity index (χ1) is 9.81. The van der Waals surface area contributed by atoms with Gasteiger partial charge in [0, 0.05) is 12.5 Å². The summed E-state index contributed by atoms with van der Waals surface area (Å²) < 4.78 is 10.7. The fourth-order valence-electron chi connectivity index (χ4n) is 1.69. The van der Waals surface area contributed by atoms with Crippen molar-refractivity contribution in [3.63, 3.8) is 0 Å². The number of nitrogens with zero attached hydrogens (tertiary/aromatic N) is 3. The molecular formula is C13H13N5O2. The van der Waals surface area contributed by atoms with E-state index in [-0.39, 0.29) is 0 Å². The van der Waals surface area contributed by atoms with E-state index in [0.29, 0.717) is 36.3 Å². The zero-order chi connectivity index (χ0) is 13.8. The van der Waals surface area contributed by atoms with Crippen LogP contribution in [0.5, 0.6) is 5.75 Å². The molecule has 0 saturated heterocycles. The second-order valence-corrected chi connectivity index (χ2v) is 4.13. The lowest BCUT2D eigenvalue weighted by Crippen LogP contribution is -2.02. The Kier molecular flexibility index (Phi) is 3.32. The van der Waals surface area contributed by atoms with Gasteiger partial charge in [-0.3, -0.25) is 5.10 Å². The van der Waals surface area contributed by atoms with Gasteiger partial charge < -0.3 is 15.0 Å². The molecular weight excluding hydrogens is 258 g/mol. The number of hydrogen-bond acceptors (Lipinski definition) is 6. The Bertz CT molecular complexity index is 677. The van der Waals surface area contributed by atoms with E-state index >= 15 is 0 Å². The number of nitrogens with two attached hydrogens (primary N) is 1. The number of para-hydroxylation sites is 1. The van der Waals surface area contributed by atoms with Gasteiger partial charge in [0.1, 0.15) is 17.3 Å². The van der Waals surface area contributed by atoms with E-state index in [1.165, 1.54) is 0 Å². The monoisotopic (exact) mass is 271 g/mol. The van der Waals surface area contributed by atoms with E-state index in [1.807, 2.05) is 30.3 Å². The largest absolute Gasteiger partial charge is 0.493 e. The second-order valence-electron chi connectivity index (χ2n) is 4.13. The normalized spacial score (nSPS) is 10.6. The molecule has 7 nitrogen and oxygen atoms in total. The number of ether oxygens (including phenoxy) is 1. The molecule has 0 saturated carbocycles. The van der Waals surface area contributed by atoms with Gasteiger partial charge in [-0.15, -0.1) is 0 Å². The van der Waals surface area contributed by atoms with Crippen molar-refractivity contribution in [2.24, 2.45) is 0 Å². The molecule has 0 amide bonds. The Morgan fingerprint density at radius 1 is 1.25 bits per heavy atom. The second kappa shape index (κ2) is 5.43. The summed E-state index contributed by atoms with van der Waals surface area (Å²) in [5.74, 6) is 2.14. The van der Waals surface area contributed by atoms with Crippen LogP contribution in [0.1, 0.15) is 5.82 Å². The third kappa shape index (κ3) is 2.77. The summed E-state index contributed by atoms with van der Waals surface area (Å²) in [6.07, 6.45) is 0.558. The number of rotatable bonds is 5. The van der Waals surface area contributed by atoms with Crippen molar-refractivity contribution < 1.29 is 9.26 Å². The molecule has 0 radical (unpaired) electrons. The average molecular weight is 271 g/mol. The Labute approximate surface area is 114 Å². The number of hydrogen-bond donors (Lipinski definition) is 2. The Morgan fingerprint density at radius 3 is 2.85 bits per heavy atom. The minimum Gasteiger partial charge on any atom is -0.493 e. The molecule has 0 spiro atoms. The minimum atomic E-state index is 0.365. The maximum atomic E-state index is 5.57. The van der Waals surface area contributed by atoms with Crippen LogP contribution in [0.3, 0.4) is 0 Å². The molecule has 0 aliphatic carbocycles. The van der Waals surface area contributed by atoms with E-state index < -0.39 is 0 Å². The van der Waals surface area contributed by atoms with Gasteiger partial charge in [0.05, 0.1) is 6.61 Å². The third-order valence-corrected chi connectivity index (χ3v) is 2.63. The molecule has 3 aromatic rings. The summed E-state index contributed by atoms with van der Waals surface area (Å²) in [5.41, 5.74) is 6.12. The van der Waals surface area contributed by atoms with Gasteiger partial charge in [-0.1, -0.05) is 23.4 Å². The highest BCUT2D eigenvalue weighted by Gasteiger charge is 2.11. The van der Waals surface area contributed by atoms with Crippen LogP contribution in [0.4, 0.5) is 5.82 Å². The Morgan fingerprint density at radius 2 is 2.10 bits per heavy atom. The highest BCUT2D eigenvalue weighted by Crippen LogP contribution is 2.16. The summed E-state index contributed by atoms with van der Waals surface area (Å²) in [5, 5.41) is 10.4. The lowest BCUT2D eigenvalue weighted by atomic mass is 10.3. The number of anilines is 1. The first-order valence-electron chi connectivity index (χ1n) is 6.13. The summed E-state index contributed by atoms with van der Waals surface area (Å²) in [6.45, 7) is 0.480. The molecule has 0 bridgehead atoms. The van der Waals surface area contributed by atoms with Crippen molar-refractivity contribution in [3.8, 4) is 17.3 Å². The molecule has 20 heavy (non-hydrogen) atoms. The molecule has 0 atom stereocenters. The maximum Gasteiger partial charge on any atom is 0.276 e. The topological polar surface area (TPSA) is 103 Å².